The summed E-state index contributed by atoms with van der Waals surface area (Å²) in [7, 11) is -0.592. The second-order valence-corrected chi connectivity index (χ2v) is 12.9. The van der Waals surface area contributed by atoms with Gasteiger partial charge in [-0.3, -0.25) is 10.1 Å². The lowest BCUT2D eigenvalue weighted by Gasteiger charge is -2.33. The fraction of sp³-hybridized carbons (Fsp3) is 0.400. The Hall–Kier alpha value is -1.71. The van der Waals surface area contributed by atoms with Crippen LogP contribution in [0.4, 0.5) is 0 Å². The molecule has 0 aromatic heterocycles. The number of ether oxygens (including phenoxy) is 2. The van der Waals surface area contributed by atoms with Gasteiger partial charge in [-0.05, 0) is 49.1 Å². The number of methoxy groups -OCH3 is 1. The molecule has 28 heavy (non-hydrogen) atoms. The topological polar surface area (TPSA) is 70.8 Å². The fourth-order valence-corrected chi connectivity index (χ4v) is 4.89. The molecule has 6 nitrogen and oxygen atoms in total. The highest BCUT2D eigenvalue weighted by atomic mass is 32.2. The predicted molar refractivity (Wildman–Crippen MR) is 113 cm³/mol. The Labute approximate surface area is 171 Å². The average Bonchev–Trinajstić information content (AvgIpc) is 2.66. The molecule has 0 fully saturated rings. The van der Waals surface area contributed by atoms with Crippen LogP contribution < -0.4 is 0 Å². The van der Waals surface area contributed by atoms with Gasteiger partial charge in [-0.2, -0.15) is 0 Å². The lowest BCUT2D eigenvalue weighted by molar-refractivity contribution is -0.508. The maximum atomic E-state index is 12.1. The molecule has 2 rings (SSSR count). The van der Waals surface area contributed by atoms with Crippen LogP contribution in [0.3, 0.4) is 0 Å². The molecule has 0 N–H and O–H groups in total. The summed E-state index contributed by atoms with van der Waals surface area (Å²) in [6.45, 7) is 6.07. The number of rotatable bonds is 11. The second-order valence-electron chi connectivity index (χ2n) is 7.21. The van der Waals surface area contributed by atoms with Gasteiger partial charge in [0.05, 0.1) is 0 Å². The minimum atomic E-state index is -2.12. The zero-order chi connectivity index (χ0) is 20.6. The standard InChI is InChI=1S/C20H27NO5SSi/c1-24-15-25-18(16-11-7-5-8-12-16)19(26-28(2,3)4)20(21(22)23)27-17-13-9-6-10-14-17/h5-14,18-20H,15H2,1-4H3/t18-,19+,20?/m0/s1. The first-order valence-corrected chi connectivity index (χ1v) is 13.3. The monoisotopic (exact) mass is 421 g/mol. The quantitative estimate of drug-likeness (QED) is 0.168. The molecule has 0 radical (unpaired) electrons. The fourth-order valence-electron chi connectivity index (χ4n) is 2.71. The lowest BCUT2D eigenvalue weighted by Crippen LogP contribution is -2.45. The molecule has 2 aromatic carbocycles. The maximum Gasteiger partial charge on any atom is 0.290 e. The Kier molecular flexibility index (Phi) is 8.65. The van der Waals surface area contributed by atoms with Crippen molar-refractivity contribution in [3.63, 3.8) is 0 Å². The van der Waals surface area contributed by atoms with Crippen molar-refractivity contribution < 1.29 is 18.8 Å². The van der Waals surface area contributed by atoms with Crippen molar-refractivity contribution in [2.24, 2.45) is 0 Å². The van der Waals surface area contributed by atoms with E-state index in [0.717, 1.165) is 10.5 Å². The van der Waals surface area contributed by atoms with Crippen LogP contribution in [0.25, 0.3) is 0 Å². The number of benzene rings is 2. The molecule has 0 aliphatic heterocycles. The molecular weight excluding hydrogens is 394 g/mol. The van der Waals surface area contributed by atoms with E-state index in [2.05, 4.69) is 0 Å². The van der Waals surface area contributed by atoms with Crippen LogP contribution in [0.5, 0.6) is 0 Å². The summed E-state index contributed by atoms with van der Waals surface area (Å²) >= 11 is 1.18. The molecule has 1 unspecified atom stereocenters. The van der Waals surface area contributed by atoms with E-state index in [9.17, 15) is 10.1 Å². The zero-order valence-corrected chi connectivity index (χ0v) is 18.4. The summed E-state index contributed by atoms with van der Waals surface area (Å²) in [5.74, 6) is 0. The molecule has 0 aliphatic carbocycles. The maximum absolute atomic E-state index is 12.1. The molecule has 0 spiro atoms. The molecule has 8 heteroatoms. The average molecular weight is 422 g/mol. The van der Waals surface area contributed by atoms with Crippen LogP contribution in [-0.2, 0) is 13.9 Å². The third-order valence-electron chi connectivity index (χ3n) is 3.77. The summed E-state index contributed by atoms with van der Waals surface area (Å²) in [5.41, 5.74) is 0.823. The van der Waals surface area contributed by atoms with Crippen molar-refractivity contribution in [1.82, 2.24) is 0 Å². The van der Waals surface area contributed by atoms with Crippen molar-refractivity contribution in [3.05, 3.63) is 76.3 Å². The molecule has 0 amide bonds. The van der Waals surface area contributed by atoms with Crippen LogP contribution in [-0.4, -0.2) is 38.6 Å². The third kappa shape index (κ3) is 7.03. The number of thioether (sulfide) groups is 1. The second kappa shape index (κ2) is 10.7. The summed E-state index contributed by atoms with van der Waals surface area (Å²) in [6.07, 6.45) is -1.40. The van der Waals surface area contributed by atoms with Crippen molar-refractivity contribution in [2.75, 3.05) is 13.9 Å². The van der Waals surface area contributed by atoms with Gasteiger partial charge in [0, 0.05) is 16.9 Å². The van der Waals surface area contributed by atoms with Crippen molar-refractivity contribution >= 4 is 20.1 Å². The number of hydrogen-bond donors (Lipinski definition) is 0. The van der Waals surface area contributed by atoms with Crippen LogP contribution in [0.1, 0.15) is 11.7 Å². The molecule has 2 aromatic rings. The Morgan fingerprint density at radius 1 is 1.04 bits per heavy atom. The molecule has 152 valence electrons. The SMILES string of the molecule is COCO[C@@H](c1ccccc1)[C@@H](O[Si](C)(C)C)C(Sc1ccccc1)[N+](=O)[O-]. The molecule has 0 bridgehead atoms. The van der Waals surface area contributed by atoms with Gasteiger partial charge in [0.25, 0.3) is 5.37 Å². The molecule has 0 heterocycles. The van der Waals surface area contributed by atoms with Gasteiger partial charge in [0.1, 0.15) is 12.9 Å². The Morgan fingerprint density at radius 2 is 1.61 bits per heavy atom. The van der Waals surface area contributed by atoms with E-state index >= 15 is 0 Å². The highest BCUT2D eigenvalue weighted by molar-refractivity contribution is 7.99. The minimum Gasteiger partial charge on any atom is -0.405 e. The normalized spacial score (nSPS) is 15.0. The Balaban J connectivity index is 2.44. The Morgan fingerprint density at radius 3 is 2.11 bits per heavy atom. The van der Waals surface area contributed by atoms with E-state index in [1.54, 1.807) is 0 Å². The lowest BCUT2D eigenvalue weighted by atomic mass is 10.0. The smallest absolute Gasteiger partial charge is 0.290 e. The first-order chi connectivity index (χ1) is 13.3. The van der Waals surface area contributed by atoms with Crippen LogP contribution in [0, 0.1) is 10.1 Å². The minimum absolute atomic E-state index is 0.0194. The molecule has 0 aliphatic rings. The van der Waals surface area contributed by atoms with Crippen molar-refractivity contribution in [1.29, 1.82) is 0 Å². The highest BCUT2D eigenvalue weighted by Gasteiger charge is 2.43. The van der Waals surface area contributed by atoms with Crippen LogP contribution in [0.15, 0.2) is 65.6 Å². The first kappa shape index (κ1) is 22.6. The molecule has 3 atom stereocenters. The third-order valence-corrected chi connectivity index (χ3v) is 5.98. The molecule has 0 saturated carbocycles. The van der Waals surface area contributed by atoms with Crippen molar-refractivity contribution in [3.8, 4) is 0 Å². The summed E-state index contributed by atoms with van der Waals surface area (Å²) in [5, 5.41) is 11.0. The van der Waals surface area contributed by atoms with E-state index in [4.69, 9.17) is 13.9 Å². The van der Waals surface area contributed by atoms with Gasteiger partial charge < -0.3 is 13.9 Å². The van der Waals surface area contributed by atoms with Crippen molar-refractivity contribution in [2.45, 2.75) is 42.1 Å². The Bertz CT molecular complexity index is 726. The van der Waals surface area contributed by atoms with Gasteiger partial charge in [0.15, 0.2) is 14.4 Å². The zero-order valence-electron chi connectivity index (χ0n) is 16.6. The van der Waals surface area contributed by atoms with Crippen LogP contribution >= 0.6 is 11.8 Å². The van der Waals surface area contributed by atoms with E-state index in [-0.39, 0.29) is 11.7 Å². The summed E-state index contributed by atoms with van der Waals surface area (Å²) in [4.78, 5) is 12.6. The molecule has 0 saturated heterocycles. The van der Waals surface area contributed by atoms with E-state index in [1.807, 2.05) is 80.3 Å². The van der Waals surface area contributed by atoms with Gasteiger partial charge in [-0.25, -0.2) is 0 Å². The largest absolute Gasteiger partial charge is 0.405 e. The molecular formula is C20H27NO5SSi. The van der Waals surface area contributed by atoms with E-state index in [0.29, 0.717) is 0 Å². The number of nitro groups is 1. The van der Waals surface area contributed by atoms with Gasteiger partial charge >= 0.3 is 0 Å². The van der Waals surface area contributed by atoms with E-state index in [1.165, 1.54) is 18.9 Å². The summed E-state index contributed by atoms with van der Waals surface area (Å²) in [6, 6.07) is 18.8. The van der Waals surface area contributed by atoms with Gasteiger partial charge in [0.2, 0.25) is 0 Å². The summed E-state index contributed by atoms with van der Waals surface area (Å²) < 4.78 is 17.3. The highest BCUT2D eigenvalue weighted by Crippen LogP contribution is 2.36. The number of hydrogen-bond acceptors (Lipinski definition) is 6. The van der Waals surface area contributed by atoms with Gasteiger partial charge in [-0.1, -0.05) is 48.5 Å². The number of nitrogens with zero attached hydrogens (tertiary/aromatic N) is 1. The van der Waals surface area contributed by atoms with E-state index < -0.39 is 25.9 Å². The first-order valence-electron chi connectivity index (χ1n) is 9.00. The predicted octanol–water partition coefficient (Wildman–Crippen LogP) is 4.96. The van der Waals surface area contributed by atoms with Gasteiger partial charge in [-0.15, -0.1) is 0 Å². The van der Waals surface area contributed by atoms with Crippen LogP contribution in [0.2, 0.25) is 19.6 Å².